The van der Waals surface area contributed by atoms with Crippen LogP contribution in [-0.2, 0) is 35.6 Å². The summed E-state index contributed by atoms with van der Waals surface area (Å²) in [5, 5.41) is 6.55. The van der Waals surface area contributed by atoms with E-state index >= 15 is 4.79 Å². The van der Waals surface area contributed by atoms with Gasteiger partial charge in [-0.05, 0) is 82.4 Å². The van der Waals surface area contributed by atoms with Gasteiger partial charge in [0.25, 0.3) is 5.91 Å². The molecule has 3 aromatic carbocycles. The Morgan fingerprint density at radius 3 is 2.15 bits per heavy atom. The fourth-order valence-corrected chi connectivity index (χ4v) is 11.5. The number of sulfonamides is 1. The van der Waals surface area contributed by atoms with E-state index in [0.29, 0.717) is 53.8 Å². The number of carbonyl (C=O) groups is 4. The summed E-state index contributed by atoms with van der Waals surface area (Å²) in [6.45, 7) is 10.6. The van der Waals surface area contributed by atoms with Crippen molar-refractivity contribution in [3.63, 3.8) is 0 Å². The summed E-state index contributed by atoms with van der Waals surface area (Å²) in [6, 6.07) is 24.0. The highest BCUT2D eigenvalue weighted by Crippen LogP contribution is 2.66. The molecule has 1 saturated heterocycles. The Hall–Kier alpha value is -5.70. The van der Waals surface area contributed by atoms with E-state index in [0.717, 1.165) is 24.0 Å². The van der Waals surface area contributed by atoms with Crippen molar-refractivity contribution < 1.29 is 41.8 Å². The van der Waals surface area contributed by atoms with Gasteiger partial charge in [0.05, 0.1) is 29.6 Å². The van der Waals surface area contributed by atoms with Gasteiger partial charge in [0, 0.05) is 34.9 Å². The second-order valence-corrected chi connectivity index (χ2v) is 22.6. The van der Waals surface area contributed by atoms with E-state index in [1.165, 1.54) is 4.90 Å². The minimum absolute atomic E-state index is 0.0324. The maximum Gasteiger partial charge on any atom is 0.408 e. The molecule has 3 N–H and O–H groups in total. The number of aromatic nitrogens is 1. The number of carbonyl (C=O) groups excluding carboxylic acids is 4. The van der Waals surface area contributed by atoms with Gasteiger partial charge < -0.3 is 29.7 Å². The van der Waals surface area contributed by atoms with Gasteiger partial charge in [-0.1, -0.05) is 94.3 Å². The van der Waals surface area contributed by atoms with Crippen molar-refractivity contribution in [3.05, 3.63) is 90.5 Å². The largest absolute Gasteiger partial charge is 0.497 e. The zero-order chi connectivity index (χ0) is 46.6. The number of benzene rings is 3. The molecule has 15 heteroatoms. The SMILES string of the molecule is COc1ccc2c(O[C@@H]3C[C@@H](C(=O)NC4(C(=O)NS(=O)(=O)C5(Cc6ccccc6)CC5)CC45CCCC5)N(C(=O)[C@@H](NC(=O)OC(C)(C)C)C(C)(C)C)C3)cc(-c3ccccc3)nc2c1. The molecule has 1 aliphatic heterocycles. The van der Waals surface area contributed by atoms with Crippen LogP contribution >= 0.6 is 0 Å². The molecule has 4 fully saturated rings. The highest BCUT2D eigenvalue weighted by molar-refractivity contribution is 7.91. The van der Waals surface area contributed by atoms with Crippen molar-refractivity contribution >= 4 is 44.7 Å². The minimum Gasteiger partial charge on any atom is -0.497 e. The summed E-state index contributed by atoms with van der Waals surface area (Å²) in [7, 11) is -2.58. The molecule has 4 aromatic rings. The number of fused-ring (bicyclic) bond motifs is 1. The third-order valence-electron chi connectivity index (χ3n) is 13.6. The average Bonchev–Trinajstić information content (AvgIpc) is 4.02. The van der Waals surface area contributed by atoms with Crippen LogP contribution in [0.4, 0.5) is 4.79 Å². The summed E-state index contributed by atoms with van der Waals surface area (Å²) in [6.07, 6.45) is 2.83. The van der Waals surface area contributed by atoms with E-state index < -0.39 is 78.7 Å². The Morgan fingerprint density at radius 1 is 0.877 bits per heavy atom. The molecule has 346 valence electrons. The third-order valence-corrected chi connectivity index (χ3v) is 15.8. The van der Waals surface area contributed by atoms with Crippen molar-refractivity contribution in [1.29, 1.82) is 0 Å². The zero-order valence-electron chi connectivity index (χ0n) is 38.4. The highest BCUT2D eigenvalue weighted by atomic mass is 32.2. The molecule has 1 aromatic heterocycles. The number of alkyl carbamates (subject to hydrolysis) is 1. The van der Waals surface area contributed by atoms with Crippen LogP contribution in [0.5, 0.6) is 11.5 Å². The van der Waals surface area contributed by atoms with Crippen molar-refractivity contribution in [3.8, 4) is 22.8 Å². The van der Waals surface area contributed by atoms with Crippen LogP contribution in [-0.4, -0.2) is 89.8 Å². The third kappa shape index (κ3) is 9.26. The lowest BCUT2D eigenvalue weighted by molar-refractivity contribution is -0.143. The van der Waals surface area contributed by atoms with Crippen LogP contribution in [0, 0.1) is 10.8 Å². The number of rotatable bonds is 13. The number of hydrogen-bond acceptors (Lipinski definition) is 10. The van der Waals surface area contributed by atoms with Gasteiger partial charge in [0.1, 0.15) is 40.8 Å². The summed E-state index contributed by atoms with van der Waals surface area (Å²) in [4.78, 5) is 64.3. The molecule has 4 aliphatic rings. The molecule has 4 atom stereocenters. The second-order valence-electron chi connectivity index (χ2n) is 20.5. The fourth-order valence-electron chi connectivity index (χ4n) is 9.88. The Labute approximate surface area is 381 Å². The molecule has 3 aliphatic carbocycles. The first-order chi connectivity index (χ1) is 30.7. The highest BCUT2D eigenvalue weighted by Gasteiger charge is 2.74. The van der Waals surface area contributed by atoms with Gasteiger partial charge in [-0.3, -0.25) is 19.1 Å². The molecule has 0 radical (unpaired) electrons. The van der Waals surface area contributed by atoms with E-state index in [1.54, 1.807) is 27.9 Å². The number of amides is 4. The predicted octanol–water partition coefficient (Wildman–Crippen LogP) is 7.24. The van der Waals surface area contributed by atoms with Crippen molar-refractivity contribution in [2.24, 2.45) is 10.8 Å². The molecule has 8 rings (SSSR count). The molecule has 2 heterocycles. The maximum absolute atomic E-state index is 15.1. The van der Waals surface area contributed by atoms with E-state index in [2.05, 4.69) is 15.4 Å². The number of likely N-dealkylation sites (tertiary alicyclic amines) is 1. The molecule has 3 saturated carbocycles. The smallest absolute Gasteiger partial charge is 0.408 e. The topological polar surface area (TPSA) is 182 Å². The van der Waals surface area contributed by atoms with Crippen LogP contribution in [0.15, 0.2) is 84.9 Å². The Kier molecular flexibility index (Phi) is 11.9. The van der Waals surface area contributed by atoms with Gasteiger partial charge in [0.15, 0.2) is 0 Å². The first-order valence-corrected chi connectivity index (χ1v) is 24.1. The van der Waals surface area contributed by atoms with Crippen LogP contribution < -0.4 is 24.8 Å². The Morgan fingerprint density at radius 2 is 1.54 bits per heavy atom. The lowest BCUT2D eigenvalue weighted by atomic mass is 9.85. The maximum atomic E-state index is 15.1. The normalized spacial score (nSPS) is 22.5. The number of methoxy groups -OCH3 is 1. The van der Waals surface area contributed by atoms with E-state index in [9.17, 15) is 22.8 Å². The quantitative estimate of drug-likeness (QED) is 0.124. The number of pyridine rings is 1. The zero-order valence-corrected chi connectivity index (χ0v) is 39.2. The number of nitrogens with one attached hydrogen (secondary N) is 3. The van der Waals surface area contributed by atoms with E-state index in [4.69, 9.17) is 19.2 Å². The monoisotopic (exact) mass is 907 g/mol. The average molecular weight is 908 g/mol. The van der Waals surface area contributed by atoms with Gasteiger partial charge in [-0.15, -0.1) is 0 Å². The first-order valence-electron chi connectivity index (χ1n) is 22.6. The minimum atomic E-state index is -4.16. The van der Waals surface area contributed by atoms with E-state index in [-0.39, 0.29) is 25.8 Å². The van der Waals surface area contributed by atoms with Gasteiger partial charge in [-0.25, -0.2) is 18.2 Å². The first kappa shape index (κ1) is 45.9. The van der Waals surface area contributed by atoms with Gasteiger partial charge in [-0.2, -0.15) is 0 Å². The van der Waals surface area contributed by atoms with Crippen molar-refractivity contribution in [2.75, 3.05) is 13.7 Å². The Bertz CT molecular complexity index is 2580. The van der Waals surface area contributed by atoms with Crippen LogP contribution in [0.1, 0.15) is 98.5 Å². The predicted molar refractivity (Wildman–Crippen MR) is 246 cm³/mol. The molecule has 1 unspecified atom stereocenters. The molecule has 0 bridgehead atoms. The van der Waals surface area contributed by atoms with E-state index in [1.807, 2.05) is 106 Å². The van der Waals surface area contributed by atoms with Crippen molar-refractivity contribution in [1.82, 2.24) is 25.2 Å². The summed E-state index contributed by atoms with van der Waals surface area (Å²) in [5.74, 6) is -0.803. The molecular weight excluding hydrogens is 847 g/mol. The summed E-state index contributed by atoms with van der Waals surface area (Å²) >= 11 is 0. The molecule has 1 spiro atoms. The van der Waals surface area contributed by atoms with Gasteiger partial charge in [0.2, 0.25) is 21.8 Å². The number of hydrogen-bond donors (Lipinski definition) is 3. The van der Waals surface area contributed by atoms with Crippen LogP contribution in [0.2, 0.25) is 0 Å². The lowest BCUT2D eigenvalue weighted by Gasteiger charge is -2.36. The van der Waals surface area contributed by atoms with Crippen LogP contribution in [0.3, 0.4) is 0 Å². The summed E-state index contributed by atoms with van der Waals surface area (Å²) < 4.78 is 47.5. The fraction of sp³-hybridized carbons (Fsp3) is 0.500. The molecule has 65 heavy (non-hydrogen) atoms. The Balaban J connectivity index is 1.12. The molecule has 4 amide bonds. The van der Waals surface area contributed by atoms with Crippen molar-refractivity contribution in [2.45, 2.75) is 133 Å². The second kappa shape index (κ2) is 16.9. The number of ether oxygens (including phenoxy) is 3. The molecular formula is C50H61N5O9S. The summed E-state index contributed by atoms with van der Waals surface area (Å²) in [5.41, 5.74) is -0.838. The molecule has 14 nitrogen and oxygen atoms in total. The standard InChI is InChI=1S/C50H61N5O9S/c1-46(2,3)41(52-45(59)64-47(4,5)6)43(57)55-30-35(63-40-28-37(33-18-12-9-13-19-33)51-38-26-34(62-7)20-21-36(38)40)27-39(55)42(56)53-50(31-48(50)22-14-15-23-48)44(58)54-65(60,61)49(24-25-49)29-32-16-10-8-11-17-32/h8-13,16-21,26,28,35,39,41H,14-15,22-25,27,29-31H2,1-7H3,(H,52,59)(H,53,56)(H,54,58)/t35-,39+,41-,50?/m1/s1. The van der Waals surface area contributed by atoms with Gasteiger partial charge >= 0.3 is 6.09 Å². The number of nitrogens with zero attached hydrogens (tertiary/aromatic N) is 2. The lowest BCUT2D eigenvalue weighted by Crippen LogP contribution is -2.61. The van der Waals surface area contributed by atoms with Crippen LogP contribution in [0.25, 0.3) is 22.2 Å².